The zero-order chi connectivity index (χ0) is 11.3. The summed E-state index contributed by atoms with van der Waals surface area (Å²) < 4.78 is 1.84. The molecule has 80 valence electrons. The highest BCUT2D eigenvalue weighted by atomic mass is 79.9. The summed E-state index contributed by atoms with van der Waals surface area (Å²) in [5.74, 6) is 5.62. The van der Waals surface area contributed by atoms with E-state index in [2.05, 4.69) is 49.0 Å². The van der Waals surface area contributed by atoms with Gasteiger partial charge in [0.05, 0.1) is 8.66 Å². The van der Waals surface area contributed by atoms with E-state index in [4.69, 9.17) is 0 Å². The van der Waals surface area contributed by atoms with Crippen LogP contribution in [0.2, 0.25) is 0 Å². The summed E-state index contributed by atoms with van der Waals surface area (Å²) in [6, 6.07) is 1.80. The molecule has 0 saturated carbocycles. The van der Waals surface area contributed by atoms with Crippen LogP contribution in [0.4, 0.5) is 0 Å². The summed E-state index contributed by atoms with van der Waals surface area (Å²) in [5.41, 5.74) is 0. The van der Waals surface area contributed by atoms with Gasteiger partial charge in [-0.25, -0.2) is 0 Å². The van der Waals surface area contributed by atoms with Crippen LogP contribution >= 0.6 is 43.2 Å². The minimum absolute atomic E-state index is 0.0516. The van der Waals surface area contributed by atoms with Crippen molar-refractivity contribution in [1.29, 1.82) is 0 Å². The molecule has 1 aromatic heterocycles. The van der Waals surface area contributed by atoms with Gasteiger partial charge in [0.25, 0.3) is 5.91 Å². The van der Waals surface area contributed by atoms with Crippen molar-refractivity contribution in [3.05, 3.63) is 19.2 Å². The van der Waals surface area contributed by atoms with Gasteiger partial charge in [-0.2, -0.15) is 0 Å². The molecule has 0 fully saturated rings. The Bertz CT molecular complexity index is 397. The van der Waals surface area contributed by atoms with Gasteiger partial charge in [-0.3, -0.25) is 4.79 Å². The number of hydrogen-bond donors (Lipinski definition) is 1. The molecule has 0 aliphatic rings. The van der Waals surface area contributed by atoms with Gasteiger partial charge in [-0.1, -0.05) is 0 Å². The Morgan fingerprint density at radius 2 is 2.33 bits per heavy atom. The summed E-state index contributed by atoms with van der Waals surface area (Å²) in [6.45, 7) is 2.38. The fourth-order valence-electron chi connectivity index (χ4n) is 0.909. The van der Waals surface area contributed by atoms with Crippen molar-refractivity contribution in [3.63, 3.8) is 0 Å². The molecule has 2 nitrogen and oxygen atoms in total. The summed E-state index contributed by atoms with van der Waals surface area (Å²) >= 11 is 8.09. The molecule has 1 aromatic rings. The van der Waals surface area contributed by atoms with Crippen molar-refractivity contribution in [3.8, 4) is 11.8 Å². The molecular weight excluding hydrogens is 342 g/mol. The van der Waals surface area contributed by atoms with Crippen LogP contribution in [0.1, 0.15) is 23.0 Å². The number of carbonyl (C=O) groups excluding carboxylic acids is 1. The largest absolute Gasteiger partial charge is 0.350 e. The smallest absolute Gasteiger partial charge is 0.261 e. The predicted octanol–water partition coefficient (Wildman–Crippen LogP) is 3.42. The predicted molar refractivity (Wildman–Crippen MR) is 70.1 cm³/mol. The molecule has 0 bridgehead atoms. The molecule has 1 rings (SSSR count). The molecule has 0 aromatic carbocycles. The van der Waals surface area contributed by atoms with Gasteiger partial charge in [-0.05, 0) is 44.8 Å². The number of hydrogen-bond acceptors (Lipinski definition) is 2. The number of nitrogens with one attached hydrogen (secondary N) is 1. The van der Waals surface area contributed by atoms with Gasteiger partial charge < -0.3 is 5.32 Å². The normalized spacial score (nSPS) is 9.27. The molecule has 0 aliphatic carbocycles. The van der Waals surface area contributed by atoms with E-state index in [1.807, 2.05) is 0 Å². The number of amides is 1. The van der Waals surface area contributed by atoms with Crippen molar-refractivity contribution >= 4 is 49.1 Å². The first-order valence-corrected chi connectivity index (χ1v) is 6.68. The number of carbonyl (C=O) groups is 1. The molecule has 0 atom stereocenters. The molecule has 1 N–H and O–H groups in total. The van der Waals surface area contributed by atoms with Gasteiger partial charge in [0.2, 0.25) is 0 Å². The number of thiophene rings is 1. The van der Waals surface area contributed by atoms with Gasteiger partial charge in [-0.15, -0.1) is 23.2 Å². The van der Waals surface area contributed by atoms with E-state index >= 15 is 0 Å². The van der Waals surface area contributed by atoms with E-state index in [0.29, 0.717) is 17.8 Å². The van der Waals surface area contributed by atoms with E-state index in [9.17, 15) is 4.79 Å². The second-order valence-electron chi connectivity index (χ2n) is 2.66. The number of rotatable bonds is 3. The standard InChI is InChI=1S/C10H9Br2NOS/c1-2-3-4-5-13-10(14)8-6-7(11)9(12)15-8/h6H,4-5H2,1H3,(H,13,14). The number of halogens is 2. The van der Waals surface area contributed by atoms with E-state index in [0.717, 1.165) is 8.26 Å². The van der Waals surface area contributed by atoms with Crippen LogP contribution in [0.15, 0.2) is 14.3 Å². The van der Waals surface area contributed by atoms with Gasteiger partial charge in [0.15, 0.2) is 0 Å². The van der Waals surface area contributed by atoms with Crippen molar-refractivity contribution in [2.45, 2.75) is 13.3 Å². The molecule has 1 amide bonds. The third-order valence-corrected chi connectivity index (χ3v) is 4.84. The summed E-state index contributed by atoms with van der Waals surface area (Å²) in [5, 5.41) is 2.80. The minimum atomic E-state index is -0.0516. The lowest BCUT2D eigenvalue weighted by molar-refractivity contribution is 0.0958. The lowest BCUT2D eigenvalue weighted by Gasteiger charge is -1.98. The zero-order valence-electron chi connectivity index (χ0n) is 8.06. The maximum atomic E-state index is 11.6. The molecule has 1 heterocycles. The molecular formula is C10H9Br2NOS. The van der Waals surface area contributed by atoms with Crippen LogP contribution in [0, 0.1) is 11.8 Å². The van der Waals surface area contributed by atoms with Gasteiger partial charge in [0.1, 0.15) is 0 Å². The highest BCUT2D eigenvalue weighted by Gasteiger charge is 2.10. The zero-order valence-corrected chi connectivity index (χ0v) is 12.1. The van der Waals surface area contributed by atoms with Gasteiger partial charge >= 0.3 is 0 Å². The average molecular weight is 351 g/mol. The molecule has 0 radical (unpaired) electrons. The Kier molecular flexibility index (Phi) is 5.37. The SMILES string of the molecule is CC#CCCNC(=O)c1cc(Br)c(Br)s1. The lowest BCUT2D eigenvalue weighted by atomic mass is 10.4. The first-order chi connectivity index (χ1) is 7.15. The molecule has 0 saturated heterocycles. The van der Waals surface area contributed by atoms with E-state index in [1.54, 1.807) is 13.0 Å². The molecule has 5 heteroatoms. The van der Waals surface area contributed by atoms with Crippen LogP contribution < -0.4 is 5.32 Å². The Hall–Kier alpha value is -0.310. The van der Waals surface area contributed by atoms with Crippen molar-refractivity contribution in [2.75, 3.05) is 6.54 Å². The maximum absolute atomic E-state index is 11.6. The summed E-state index contributed by atoms with van der Waals surface area (Å²) in [6.07, 6.45) is 0.690. The Morgan fingerprint density at radius 1 is 1.60 bits per heavy atom. The quantitative estimate of drug-likeness (QED) is 0.656. The van der Waals surface area contributed by atoms with Gasteiger partial charge in [0, 0.05) is 17.4 Å². The highest BCUT2D eigenvalue weighted by molar-refractivity contribution is 9.13. The fourth-order valence-corrected chi connectivity index (χ4v) is 2.86. The lowest BCUT2D eigenvalue weighted by Crippen LogP contribution is -2.23. The van der Waals surface area contributed by atoms with Crippen LogP contribution in [0.25, 0.3) is 0 Å². The van der Waals surface area contributed by atoms with Crippen LogP contribution in [-0.4, -0.2) is 12.5 Å². The Balaban J connectivity index is 2.49. The first kappa shape index (κ1) is 12.8. The average Bonchev–Trinajstić information content (AvgIpc) is 2.54. The molecule has 15 heavy (non-hydrogen) atoms. The molecule has 0 spiro atoms. The third kappa shape index (κ3) is 3.98. The van der Waals surface area contributed by atoms with E-state index < -0.39 is 0 Å². The van der Waals surface area contributed by atoms with Crippen LogP contribution in [-0.2, 0) is 0 Å². The minimum Gasteiger partial charge on any atom is -0.350 e. The summed E-state index contributed by atoms with van der Waals surface area (Å²) in [4.78, 5) is 12.3. The third-order valence-electron chi connectivity index (χ3n) is 1.58. The second-order valence-corrected chi connectivity index (χ2v) is 5.89. The van der Waals surface area contributed by atoms with Crippen LogP contribution in [0.3, 0.4) is 0 Å². The Labute approximate surface area is 110 Å². The van der Waals surface area contributed by atoms with E-state index in [1.165, 1.54) is 11.3 Å². The van der Waals surface area contributed by atoms with Crippen molar-refractivity contribution in [1.82, 2.24) is 5.32 Å². The van der Waals surface area contributed by atoms with Crippen LogP contribution in [0.5, 0.6) is 0 Å². The van der Waals surface area contributed by atoms with E-state index in [-0.39, 0.29) is 5.91 Å². The first-order valence-electron chi connectivity index (χ1n) is 4.27. The topological polar surface area (TPSA) is 29.1 Å². The Morgan fingerprint density at radius 3 is 2.87 bits per heavy atom. The fraction of sp³-hybridized carbons (Fsp3) is 0.300. The monoisotopic (exact) mass is 349 g/mol. The highest BCUT2D eigenvalue weighted by Crippen LogP contribution is 2.32. The van der Waals surface area contributed by atoms with Crippen molar-refractivity contribution < 1.29 is 4.79 Å². The maximum Gasteiger partial charge on any atom is 0.261 e. The molecule has 0 unspecified atom stereocenters. The molecule has 0 aliphatic heterocycles. The second kappa shape index (κ2) is 6.31. The summed E-state index contributed by atoms with van der Waals surface area (Å²) in [7, 11) is 0. The van der Waals surface area contributed by atoms with Crippen molar-refractivity contribution in [2.24, 2.45) is 0 Å².